The molecule has 3 N–H and O–H groups in total. The van der Waals surface area contributed by atoms with Gasteiger partial charge in [-0.3, -0.25) is 20.4 Å². The van der Waals surface area contributed by atoms with Gasteiger partial charge in [0, 0.05) is 15.6 Å². The lowest BCUT2D eigenvalue weighted by molar-refractivity contribution is -0.159. The molecular formula is C26H20Cl2N2O8. The highest BCUT2D eigenvalue weighted by atomic mass is 35.5. The van der Waals surface area contributed by atoms with Crippen LogP contribution >= 0.6 is 23.2 Å². The van der Waals surface area contributed by atoms with Crippen molar-refractivity contribution in [2.45, 2.75) is 19.1 Å². The molecule has 0 bridgehead atoms. The predicted molar refractivity (Wildman–Crippen MR) is 136 cm³/mol. The molecule has 0 fully saturated rings. The summed E-state index contributed by atoms with van der Waals surface area (Å²) in [5.41, 5.74) is 5.06. The van der Waals surface area contributed by atoms with E-state index in [1.807, 2.05) is 12.3 Å². The molecule has 0 radical (unpaired) electrons. The maximum absolute atomic E-state index is 13.0. The number of carboxylic acids is 1. The van der Waals surface area contributed by atoms with Gasteiger partial charge in [-0.15, -0.1) is 0 Å². The summed E-state index contributed by atoms with van der Waals surface area (Å²) in [5.74, 6) is -6.03. The van der Waals surface area contributed by atoms with E-state index in [1.54, 1.807) is 12.1 Å². The Morgan fingerprint density at radius 3 is 1.53 bits per heavy atom. The quantitative estimate of drug-likeness (QED) is 0.280. The minimum atomic E-state index is -2.29. The van der Waals surface area contributed by atoms with E-state index in [0.29, 0.717) is 10.0 Å². The standard InChI is InChI=1S/C26H20Cl2N2O8/c1-14-2-4-15(5-3-14)22(31)29-30-23(32)20(37-25(35)16-6-10-18(27)11-7-16)21(24(33)34)38-26(36)17-8-12-19(28)13-9-17/h2-13,20-21H,1H3,(H,29,31)(H,30,32)(H,33,34)/t20-,21+/m1/s1. The van der Waals surface area contributed by atoms with Crippen LogP contribution in [0.5, 0.6) is 0 Å². The number of aliphatic carboxylic acids is 1. The molecule has 0 saturated heterocycles. The molecule has 0 aliphatic heterocycles. The fourth-order valence-corrected chi connectivity index (χ4v) is 3.25. The van der Waals surface area contributed by atoms with Crippen LogP contribution in [0.15, 0.2) is 72.8 Å². The van der Waals surface area contributed by atoms with Crippen molar-refractivity contribution in [3.8, 4) is 0 Å². The van der Waals surface area contributed by atoms with Crippen LogP contribution in [0.4, 0.5) is 0 Å². The van der Waals surface area contributed by atoms with Crippen LogP contribution in [0.2, 0.25) is 10.0 Å². The lowest BCUT2D eigenvalue weighted by Gasteiger charge is -2.23. The molecular weight excluding hydrogens is 539 g/mol. The van der Waals surface area contributed by atoms with Crippen molar-refractivity contribution in [1.82, 2.24) is 10.9 Å². The van der Waals surface area contributed by atoms with Crippen LogP contribution in [0.25, 0.3) is 0 Å². The summed E-state index contributed by atoms with van der Waals surface area (Å²) in [6.45, 7) is 1.82. The van der Waals surface area contributed by atoms with E-state index in [4.69, 9.17) is 32.7 Å². The Kier molecular flexibility index (Phi) is 9.42. The largest absolute Gasteiger partial charge is 0.478 e. The smallest absolute Gasteiger partial charge is 0.349 e. The Morgan fingerprint density at radius 2 is 1.08 bits per heavy atom. The molecule has 12 heteroatoms. The number of carbonyl (C=O) groups excluding carboxylic acids is 4. The summed E-state index contributed by atoms with van der Waals surface area (Å²) < 4.78 is 10.2. The van der Waals surface area contributed by atoms with Gasteiger partial charge >= 0.3 is 17.9 Å². The number of esters is 2. The third kappa shape index (κ3) is 7.55. The summed E-state index contributed by atoms with van der Waals surface area (Å²) in [4.78, 5) is 62.7. The fourth-order valence-electron chi connectivity index (χ4n) is 3.00. The van der Waals surface area contributed by atoms with Gasteiger partial charge in [0.25, 0.3) is 11.8 Å². The van der Waals surface area contributed by atoms with Gasteiger partial charge in [-0.05, 0) is 67.6 Å². The second-order valence-electron chi connectivity index (χ2n) is 7.81. The van der Waals surface area contributed by atoms with Gasteiger partial charge in [0.2, 0.25) is 12.2 Å². The Balaban J connectivity index is 1.84. The molecule has 3 aromatic carbocycles. The number of aryl methyl sites for hydroxylation is 1. The van der Waals surface area contributed by atoms with Crippen molar-refractivity contribution in [3.05, 3.63) is 105 Å². The van der Waals surface area contributed by atoms with Gasteiger partial charge < -0.3 is 14.6 Å². The summed E-state index contributed by atoms with van der Waals surface area (Å²) in [6.07, 6.45) is -4.49. The van der Waals surface area contributed by atoms with Crippen molar-refractivity contribution < 1.29 is 38.6 Å². The van der Waals surface area contributed by atoms with Crippen LogP contribution in [0.3, 0.4) is 0 Å². The molecule has 0 aromatic heterocycles. The number of hydrazine groups is 1. The Labute approximate surface area is 226 Å². The molecule has 2 atom stereocenters. The van der Waals surface area contributed by atoms with E-state index in [2.05, 4.69) is 5.43 Å². The minimum Gasteiger partial charge on any atom is -0.478 e. The molecule has 0 aliphatic rings. The molecule has 0 aliphatic carbocycles. The van der Waals surface area contributed by atoms with E-state index in [-0.39, 0.29) is 16.7 Å². The lowest BCUT2D eigenvalue weighted by atomic mass is 10.1. The molecule has 2 amide bonds. The van der Waals surface area contributed by atoms with Gasteiger partial charge in [0.15, 0.2) is 0 Å². The Morgan fingerprint density at radius 1 is 0.658 bits per heavy atom. The fraction of sp³-hybridized carbons (Fsp3) is 0.115. The average molecular weight is 559 g/mol. The topological polar surface area (TPSA) is 148 Å². The van der Waals surface area contributed by atoms with E-state index >= 15 is 0 Å². The maximum Gasteiger partial charge on any atom is 0.349 e. The summed E-state index contributed by atoms with van der Waals surface area (Å²) in [5, 5.41) is 10.4. The van der Waals surface area contributed by atoms with Gasteiger partial charge in [0.1, 0.15) is 0 Å². The monoisotopic (exact) mass is 558 g/mol. The second kappa shape index (κ2) is 12.7. The average Bonchev–Trinajstić information content (AvgIpc) is 2.89. The molecule has 10 nitrogen and oxygen atoms in total. The number of carbonyl (C=O) groups is 5. The molecule has 0 heterocycles. The zero-order valence-electron chi connectivity index (χ0n) is 19.6. The summed E-state index contributed by atoms with van der Waals surface area (Å²) in [7, 11) is 0. The number of rotatable bonds is 8. The van der Waals surface area contributed by atoms with Crippen LogP contribution in [-0.2, 0) is 19.1 Å². The van der Waals surface area contributed by atoms with Gasteiger partial charge in [-0.2, -0.15) is 0 Å². The van der Waals surface area contributed by atoms with E-state index < -0.39 is 41.9 Å². The van der Waals surface area contributed by atoms with Crippen LogP contribution in [0.1, 0.15) is 36.6 Å². The van der Waals surface area contributed by atoms with Crippen LogP contribution in [-0.4, -0.2) is 47.0 Å². The minimum absolute atomic E-state index is 0.0657. The first-order valence-corrected chi connectivity index (χ1v) is 11.6. The van der Waals surface area contributed by atoms with Crippen LogP contribution < -0.4 is 10.9 Å². The number of hydrogen-bond acceptors (Lipinski definition) is 7. The van der Waals surface area contributed by atoms with Gasteiger partial charge in [0.05, 0.1) is 11.1 Å². The van der Waals surface area contributed by atoms with Crippen molar-refractivity contribution in [1.29, 1.82) is 0 Å². The summed E-state index contributed by atoms with van der Waals surface area (Å²) >= 11 is 11.6. The highest BCUT2D eigenvalue weighted by Crippen LogP contribution is 2.16. The third-order valence-electron chi connectivity index (χ3n) is 5.02. The maximum atomic E-state index is 13.0. The van der Waals surface area contributed by atoms with E-state index in [0.717, 1.165) is 5.56 Å². The molecule has 0 unspecified atom stereocenters. The van der Waals surface area contributed by atoms with Crippen LogP contribution in [0, 0.1) is 6.92 Å². The molecule has 0 spiro atoms. The first-order valence-electron chi connectivity index (χ1n) is 10.9. The molecule has 196 valence electrons. The van der Waals surface area contributed by atoms with Crippen molar-refractivity contribution >= 4 is 52.9 Å². The zero-order chi connectivity index (χ0) is 27.8. The van der Waals surface area contributed by atoms with Gasteiger partial charge in [-0.25, -0.2) is 14.4 Å². The number of nitrogens with one attached hydrogen (secondary N) is 2. The summed E-state index contributed by atoms with van der Waals surface area (Å²) in [6, 6.07) is 17.0. The predicted octanol–water partition coefficient (Wildman–Crippen LogP) is 3.60. The lowest BCUT2D eigenvalue weighted by Crippen LogP contribution is -2.54. The SMILES string of the molecule is Cc1ccc(C(=O)NNC(=O)[C@H](OC(=O)c2ccc(Cl)cc2)[C@H](OC(=O)c2ccc(Cl)cc2)C(=O)O)cc1. The number of amides is 2. The Hall–Kier alpha value is -4.41. The molecule has 38 heavy (non-hydrogen) atoms. The first kappa shape index (κ1) is 28.2. The second-order valence-corrected chi connectivity index (χ2v) is 8.69. The van der Waals surface area contributed by atoms with Crippen molar-refractivity contribution in [2.24, 2.45) is 0 Å². The number of halogens is 2. The number of ether oxygens (including phenoxy) is 2. The van der Waals surface area contributed by atoms with Crippen molar-refractivity contribution in [3.63, 3.8) is 0 Å². The highest BCUT2D eigenvalue weighted by molar-refractivity contribution is 6.31. The third-order valence-corrected chi connectivity index (χ3v) is 5.52. The van der Waals surface area contributed by atoms with E-state index in [1.165, 1.54) is 60.7 Å². The highest BCUT2D eigenvalue weighted by Gasteiger charge is 2.41. The van der Waals surface area contributed by atoms with Gasteiger partial charge in [-0.1, -0.05) is 40.9 Å². The first-order chi connectivity index (χ1) is 18.0. The number of benzene rings is 3. The molecule has 0 saturated carbocycles. The van der Waals surface area contributed by atoms with E-state index in [9.17, 15) is 29.1 Å². The molecule has 3 rings (SSSR count). The molecule has 3 aromatic rings. The zero-order valence-corrected chi connectivity index (χ0v) is 21.2. The number of hydrogen-bond donors (Lipinski definition) is 3. The Bertz CT molecular complexity index is 1340. The number of carboxylic acid groups (broad SMARTS) is 1. The normalized spacial score (nSPS) is 12.0. The van der Waals surface area contributed by atoms with Crippen molar-refractivity contribution in [2.75, 3.05) is 0 Å².